The van der Waals surface area contributed by atoms with Crippen molar-refractivity contribution >= 4 is 17.5 Å². The van der Waals surface area contributed by atoms with Crippen molar-refractivity contribution < 1.29 is 14.3 Å². The van der Waals surface area contributed by atoms with Gasteiger partial charge in [0.1, 0.15) is 11.6 Å². The fourth-order valence-corrected chi connectivity index (χ4v) is 4.31. The third-order valence-corrected chi connectivity index (χ3v) is 5.61. The lowest BCUT2D eigenvalue weighted by atomic mass is 9.73. The number of carbonyl (C=O) groups is 2. The Morgan fingerprint density at radius 2 is 2.03 bits per heavy atom. The van der Waals surface area contributed by atoms with Gasteiger partial charge in [0.15, 0.2) is 5.78 Å². The lowest BCUT2D eigenvalue weighted by molar-refractivity contribution is -0.117. The summed E-state index contributed by atoms with van der Waals surface area (Å²) in [5.41, 5.74) is 3.72. The van der Waals surface area contributed by atoms with E-state index in [2.05, 4.69) is 22.5 Å². The zero-order valence-electron chi connectivity index (χ0n) is 17.4. The molecule has 1 amide bonds. The van der Waals surface area contributed by atoms with Crippen LogP contribution < -0.4 is 15.4 Å². The molecule has 0 radical (unpaired) electrons. The number of ketones is 1. The molecular formula is C24H25N3O3. The molecule has 0 fully saturated rings. The van der Waals surface area contributed by atoms with E-state index >= 15 is 0 Å². The van der Waals surface area contributed by atoms with E-state index < -0.39 is 5.92 Å². The fourth-order valence-electron chi connectivity index (χ4n) is 4.31. The van der Waals surface area contributed by atoms with Crippen LogP contribution in [0.4, 0.5) is 5.82 Å². The van der Waals surface area contributed by atoms with Crippen LogP contribution in [0.15, 0.2) is 71.2 Å². The maximum absolute atomic E-state index is 13.3. The van der Waals surface area contributed by atoms with Crippen LogP contribution >= 0.6 is 0 Å². The van der Waals surface area contributed by atoms with E-state index in [-0.39, 0.29) is 17.6 Å². The summed E-state index contributed by atoms with van der Waals surface area (Å²) in [5, 5.41) is 6.23. The second-order valence-corrected chi connectivity index (χ2v) is 7.87. The molecule has 0 spiro atoms. The lowest BCUT2D eigenvalue weighted by Gasteiger charge is -2.36. The number of anilines is 1. The van der Waals surface area contributed by atoms with Gasteiger partial charge in [-0.05, 0) is 49.1 Å². The summed E-state index contributed by atoms with van der Waals surface area (Å²) in [7, 11) is 1.61. The zero-order valence-corrected chi connectivity index (χ0v) is 17.4. The van der Waals surface area contributed by atoms with Gasteiger partial charge >= 0.3 is 0 Å². The first-order chi connectivity index (χ1) is 14.5. The van der Waals surface area contributed by atoms with E-state index in [0.29, 0.717) is 29.1 Å². The predicted octanol–water partition coefficient (Wildman–Crippen LogP) is 3.94. The van der Waals surface area contributed by atoms with Gasteiger partial charge in [-0.3, -0.25) is 9.59 Å². The molecule has 1 aliphatic carbocycles. The van der Waals surface area contributed by atoms with Gasteiger partial charge in [0.2, 0.25) is 0 Å². The summed E-state index contributed by atoms with van der Waals surface area (Å²) in [4.78, 5) is 30.7. The third kappa shape index (κ3) is 3.73. The molecule has 2 unspecified atom stereocenters. The minimum Gasteiger partial charge on any atom is -0.497 e. The number of pyridine rings is 1. The van der Waals surface area contributed by atoms with Crippen molar-refractivity contribution in [3.63, 3.8) is 0 Å². The van der Waals surface area contributed by atoms with Crippen molar-refractivity contribution in [3.8, 4) is 5.75 Å². The largest absolute Gasteiger partial charge is 0.497 e. The molecule has 6 heteroatoms. The highest BCUT2D eigenvalue weighted by molar-refractivity contribution is 6.09. The molecule has 2 atom stereocenters. The van der Waals surface area contributed by atoms with Gasteiger partial charge in [-0.1, -0.05) is 25.1 Å². The zero-order chi connectivity index (χ0) is 21.3. The number of allylic oxidation sites excluding steroid dienone is 3. The molecule has 2 heterocycles. The van der Waals surface area contributed by atoms with Gasteiger partial charge in [-0.15, -0.1) is 0 Å². The first kappa shape index (κ1) is 19.9. The standard InChI is InChI=1S/C24H25N3O3/c1-14-11-18-23(19(28)12-14)22(16-7-6-8-17(13-16)30-3)21(15(2)26-18)24(29)27-20-9-4-5-10-25-20/h4-10,13-14,22,26H,11-12H2,1-3H3,(H,25,27,29). The first-order valence-corrected chi connectivity index (χ1v) is 10.1. The van der Waals surface area contributed by atoms with E-state index in [4.69, 9.17) is 4.74 Å². The molecule has 2 aliphatic rings. The highest BCUT2D eigenvalue weighted by Gasteiger charge is 2.40. The van der Waals surface area contributed by atoms with Crippen LogP contribution in [0.25, 0.3) is 0 Å². The molecular weight excluding hydrogens is 378 g/mol. The molecule has 1 aromatic carbocycles. The number of Topliss-reactive ketones (excluding diaryl/α,β-unsaturated/α-hetero) is 1. The van der Waals surface area contributed by atoms with Crippen molar-refractivity contribution in [2.24, 2.45) is 5.92 Å². The van der Waals surface area contributed by atoms with E-state index in [1.807, 2.05) is 37.3 Å². The van der Waals surface area contributed by atoms with Crippen LogP contribution in [0.5, 0.6) is 5.75 Å². The molecule has 1 aromatic heterocycles. The predicted molar refractivity (Wildman–Crippen MR) is 115 cm³/mol. The minimum absolute atomic E-state index is 0.0831. The fraction of sp³-hybridized carbons (Fsp3) is 0.292. The summed E-state index contributed by atoms with van der Waals surface area (Å²) >= 11 is 0. The Morgan fingerprint density at radius 3 is 2.77 bits per heavy atom. The smallest absolute Gasteiger partial charge is 0.255 e. The second kappa shape index (κ2) is 8.14. The van der Waals surface area contributed by atoms with Gasteiger partial charge in [-0.2, -0.15) is 0 Å². The number of hydrogen-bond acceptors (Lipinski definition) is 5. The number of rotatable bonds is 4. The first-order valence-electron chi connectivity index (χ1n) is 10.1. The topological polar surface area (TPSA) is 80.3 Å². The number of amides is 1. The summed E-state index contributed by atoms with van der Waals surface area (Å²) in [6, 6.07) is 12.9. The summed E-state index contributed by atoms with van der Waals surface area (Å²) in [6.45, 7) is 3.96. The highest BCUT2D eigenvalue weighted by atomic mass is 16.5. The Bertz CT molecular complexity index is 1060. The number of nitrogens with zero attached hydrogens (tertiary/aromatic N) is 1. The number of aromatic nitrogens is 1. The van der Waals surface area contributed by atoms with Crippen molar-refractivity contribution in [2.45, 2.75) is 32.6 Å². The monoisotopic (exact) mass is 403 g/mol. The number of ether oxygens (including phenoxy) is 1. The lowest BCUT2D eigenvalue weighted by Crippen LogP contribution is -2.37. The molecule has 6 nitrogen and oxygen atoms in total. The molecule has 0 saturated carbocycles. The molecule has 0 saturated heterocycles. The van der Waals surface area contributed by atoms with Gasteiger partial charge < -0.3 is 15.4 Å². The van der Waals surface area contributed by atoms with Crippen LogP contribution in [-0.2, 0) is 9.59 Å². The molecule has 154 valence electrons. The Kier molecular flexibility index (Phi) is 5.40. The number of benzene rings is 1. The normalized spacial score (nSPS) is 21.1. The molecule has 2 aromatic rings. The molecule has 0 bridgehead atoms. The number of dihydropyridines is 1. The second-order valence-electron chi connectivity index (χ2n) is 7.87. The third-order valence-electron chi connectivity index (χ3n) is 5.61. The van der Waals surface area contributed by atoms with E-state index in [9.17, 15) is 9.59 Å². The van der Waals surface area contributed by atoms with Crippen LogP contribution in [0.2, 0.25) is 0 Å². The highest BCUT2D eigenvalue weighted by Crippen LogP contribution is 2.44. The summed E-state index contributed by atoms with van der Waals surface area (Å²) in [5.74, 6) is 0.776. The number of carbonyl (C=O) groups excluding carboxylic acids is 2. The Morgan fingerprint density at radius 1 is 1.20 bits per heavy atom. The van der Waals surface area contributed by atoms with Crippen LogP contribution in [-0.4, -0.2) is 23.8 Å². The average molecular weight is 403 g/mol. The molecule has 2 N–H and O–H groups in total. The summed E-state index contributed by atoms with van der Waals surface area (Å²) < 4.78 is 5.40. The van der Waals surface area contributed by atoms with E-state index in [1.165, 1.54) is 0 Å². The Hall–Kier alpha value is -3.41. The van der Waals surface area contributed by atoms with Gasteiger partial charge in [0, 0.05) is 41.1 Å². The number of hydrogen-bond donors (Lipinski definition) is 2. The molecule has 4 rings (SSSR count). The SMILES string of the molecule is COc1cccc(C2C(C(=O)Nc3ccccn3)=C(C)NC3=C2C(=O)CC(C)C3)c1. The maximum Gasteiger partial charge on any atom is 0.255 e. The number of nitrogens with one attached hydrogen (secondary N) is 2. The van der Waals surface area contributed by atoms with Crippen LogP contribution in [0.3, 0.4) is 0 Å². The molecule has 1 aliphatic heterocycles. The van der Waals surface area contributed by atoms with Crippen LogP contribution in [0.1, 0.15) is 38.2 Å². The van der Waals surface area contributed by atoms with Crippen molar-refractivity contribution in [3.05, 3.63) is 76.8 Å². The van der Waals surface area contributed by atoms with Crippen LogP contribution in [0, 0.1) is 5.92 Å². The Balaban J connectivity index is 1.81. The summed E-state index contributed by atoms with van der Waals surface area (Å²) in [6.07, 6.45) is 2.89. The van der Waals surface area contributed by atoms with Crippen molar-refractivity contribution in [1.82, 2.24) is 10.3 Å². The van der Waals surface area contributed by atoms with Crippen molar-refractivity contribution in [1.29, 1.82) is 0 Å². The number of methoxy groups -OCH3 is 1. The van der Waals surface area contributed by atoms with E-state index in [1.54, 1.807) is 25.4 Å². The van der Waals surface area contributed by atoms with E-state index in [0.717, 1.165) is 23.4 Å². The average Bonchev–Trinajstić information content (AvgIpc) is 2.73. The van der Waals surface area contributed by atoms with Gasteiger partial charge in [-0.25, -0.2) is 4.98 Å². The Labute approximate surface area is 176 Å². The molecule has 30 heavy (non-hydrogen) atoms. The van der Waals surface area contributed by atoms with Crippen molar-refractivity contribution in [2.75, 3.05) is 12.4 Å². The maximum atomic E-state index is 13.3. The van der Waals surface area contributed by atoms with Gasteiger partial charge in [0.25, 0.3) is 5.91 Å². The quantitative estimate of drug-likeness (QED) is 0.808. The van der Waals surface area contributed by atoms with Gasteiger partial charge in [0.05, 0.1) is 7.11 Å². The minimum atomic E-state index is -0.458.